The van der Waals surface area contributed by atoms with E-state index in [4.69, 9.17) is 9.47 Å². The zero-order valence-electron chi connectivity index (χ0n) is 15.7. The number of hydrogen-bond acceptors (Lipinski definition) is 4. The molecular weight excluding hydrogens is 330 g/mol. The Bertz CT molecular complexity index is 766. The lowest BCUT2D eigenvalue weighted by Gasteiger charge is -2.11. The van der Waals surface area contributed by atoms with Crippen molar-refractivity contribution in [1.82, 2.24) is 0 Å². The molecule has 0 fully saturated rings. The summed E-state index contributed by atoms with van der Waals surface area (Å²) in [5.41, 5.74) is 3.17. The third kappa shape index (κ3) is 5.62. The highest BCUT2D eigenvalue weighted by Gasteiger charge is 2.12. The predicted molar refractivity (Wildman–Crippen MR) is 102 cm³/mol. The Balaban J connectivity index is 1.85. The molecule has 2 rings (SSSR count). The fourth-order valence-electron chi connectivity index (χ4n) is 2.24. The predicted octanol–water partition coefficient (Wildman–Crippen LogP) is 4.13. The van der Waals surface area contributed by atoms with Crippen LogP contribution in [0.5, 0.6) is 5.75 Å². The highest BCUT2D eigenvalue weighted by atomic mass is 16.5. The maximum Gasteiger partial charge on any atom is 0.338 e. The molecule has 0 aliphatic rings. The van der Waals surface area contributed by atoms with Crippen molar-refractivity contribution in [3.05, 3.63) is 59.2 Å². The van der Waals surface area contributed by atoms with Crippen molar-refractivity contribution in [2.75, 3.05) is 18.5 Å². The number of nitrogens with one attached hydrogen (secondary N) is 1. The van der Waals surface area contributed by atoms with Crippen LogP contribution in [-0.4, -0.2) is 25.1 Å². The fraction of sp³-hybridized carbons (Fsp3) is 0.333. The van der Waals surface area contributed by atoms with Crippen molar-refractivity contribution >= 4 is 17.6 Å². The summed E-state index contributed by atoms with van der Waals surface area (Å²) in [7, 11) is 0. The van der Waals surface area contributed by atoms with Gasteiger partial charge in [0.25, 0.3) is 5.91 Å². The standard InChI is InChI=1S/C21H25NO4/c1-14(2)12-25-18-10-8-17(9-11-18)21(24)26-13-20(23)22-19-7-5-6-15(3)16(19)4/h5-11,14H,12-13H2,1-4H3,(H,22,23). The van der Waals surface area contributed by atoms with E-state index < -0.39 is 5.97 Å². The second-order valence-electron chi connectivity index (χ2n) is 6.60. The number of carbonyl (C=O) groups excluding carboxylic acids is 2. The molecule has 0 spiro atoms. The number of amides is 1. The summed E-state index contributed by atoms with van der Waals surface area (Å²) < 4.78 is 10.6. The van der Waals surface area contributed by atoms with Crippen LogP contribution in [0.4, 0.5) is 5.69 Å². The van der Waals surface area contributed by atoms with E-state index in [0.717, 1.165) is 16.8 Å². The number of esters is 1. The van der Waals surface area contributed by atoms with Crippen molar-refractivity contribution in [1.29, 1.82) is 0 Å². The van der Waals surface area contributed by atoms with Gasteiger partial charge in [-0.05, 0) is 61.2 Å². The molecule has 26 heavy (non-hydrogen) atoms. The Morgan fingerprint density at radius 3 is 2.38 bits per heavy atom. The summed E-state index contributed by atoms with van der Waals surface area (Å²) >= 11 is 0. The van der Waals surface area contributed by atoms with Gasteiger partial charge in [0.1, 0.15) is 5.75 Å². The minimum absolute atomic E-state index is 0.335. The van der Waals surface area contributed by atoms with Crippen molar-refractivity contribution in [2.45, 2.75) is 27.7 Å². The highest BCUT2D eigenvalue weighted by molar-refractivity contribution is 5.96. The maximum atomic E-state index is 12.1. The van der Waals surface area contributed by atoms with Gasteiger partial charge >= 0.3 is 5.97 Å². The van der Waals surface area contributed by atoms with Crippen LogP contribution in [0.15, 0.2) is 42.5 Å². The molecule has 2 aromatic carbocycles. The molecule has 0 saturated heterocycles. The normalized spacial score (nSPS) is 10.5. The van der Waals surface area contributed by atoms with E-state index in [2.05, 4.69) is 19.2 Å². The SMILES string of the molecule is Cc1cccc(NC(=O)COC(=O)c2ccc(OCC(C)C)cc2)c1C. The third-order valence-electron chi connectivity index (χ3n) is 3.89. The van der Waals surface area contributed by atoms with Gasteiger partial charge in [-0.3, -0.25) is 4.79 Å². The van der Waals surface area contributed by atoms with E-state index in [1.165, 1.54) is 0 Å². The van der Waals surface area contributed by atoms with Gasteiger partial charge in [0.2, 0.25) is 0 Å². The topological polar surface area (TPSA) is 64.6 Å². The molecule has 0 heterocycles. The molecule has 5 heteroatoms. The van der Waals surface area contributed by atoms with Crippen LogP contribution in [0.2, 0.25) is 0 Å². The molecule has 0 radical (unpaired) electrons. The number of rotatable bonds is 7. The average molecular weight is 355 g/mol. The Morgan fingerprint density at radius 1 is 1.04 bits per heavy atom. The number of anilines is 1. The Labute approximate surface area is 154 Å². The van der Waals surface area contributed by atoms with Crippen LogP contribution in [0, 0.1) is 19.8 Å². The highest BCUT2D eigenvalue weighted by Crippen LogP contribution is 2.18. The summed E-state index contributed by atoms with van der Waals surface area (Å²) in [5.74, 6) is 0.207. The first-order valence-corrected chi connectivity index (χ1v) is 8.63. The van der Waals surface area contributed by atoms with E-state index in [9.17, 15) is 9.59 Å². The molecular formula is C21H25NO4. The molecule has 5 nitrogen and oxygen atoms in total. The summed E-state index contributed by atoms with van der Waals surface area (Å²) in [6.45, 7) is 8.31. The van der Waals surface area contributed by atoms with Crippen LogP contribution in [0.25, 0.3) is 0 Å². The lowest BCUT2D eigenvalue weighted by Crippen LogP contribution is -2.21. The first kappa shape index (κ1) is 19.5. The van der Waals surface area contributed by atoms with Crippen molar-refractivity contribution in [3.63, 3.8) is 0 Å². The zero-order valence-corrected chi connectivity index (χ0v) is 15.7. The number of hydrogen-bond donors (Lipinski definition) is 1. The zero-order chi connectivity index (χ0) is 19.1. The minimum Gasteiger partial charge on any atom is -0.493 e. The van der Waals surface area contributed by atoms with E-state index in [1.54, 1.807) is 24.3 Å². The van der Waals surface area contributed by atoms with Crippen LogP contribution in [-0.2, 0) is 9.53 Å². The minimum atomic E-state index is -0.545. The second-order valence-corrected chi connectivity index (χ2v) is 6.60. The van der Waals surface area contributed by atoms with Crippen molar-refractivity contribution < 1.29 is 19.1 Å². The van der Waals surface area contributed by atoms with Gasteiger partial charge in [0.15, 0.2) is 6.61 Å². The smallest absolute Gasteiger partial charge is 0.338 e. The molecule has 1 amide bonds. The van der Waals surface area contributed by atoms with Gasteiger partial charge in [0.05, 0.1) is 12.2 Å². The van der Waals surface area contributed by atoms with E-state index >= 15 is 0 Å². The Kier molecular flexibility index (Phi) is 6.78. The molecule has 0 aromatic heterocycles. The molecule has 0 aliphatic carbocycles. The van der Waals surface area contributed by atoms with E-state index in [1.807, 2.05) is 32.0 Å². The van der Waals surface area contributed by atoms with Crippen LogP contribution >= 0.6 is 0 Å². The molecule has 0 atom stereocenters. The van der Waals surface area contributed by atoms with E-state index in [-0.39, 0.29) is 12.5 Å². The average Bonchev–Trinajstić information content (AvgIpc) is 2.62. The molecule has 138 valence electrons. The van der Waals surface area contributed by atoms with Gasteiger partial charge in [-0.1, -0.05) is 26.0 Å². The van der Waals surface area contributed by atoms with Gasteiger partial charge in [0, 0.05) is 5.69 Å². The molecule has 0 saturated carbocycles. The van der Waals surface area contributed by atoms with Crippen LogP contribution < -0.4 is 10.1 Å². The summed E-state index contributed by atoms with van der Waals surface area (Å²) in [5, 5.41) is 2.76. The quantitative estimate of drug-likeness (QED) is 0.758. The summed E-state index contributed by atoms with van der Waals surface area (Å²) in [6.07, 6.45) is 0. The van der Waals surface area contributed by atoms with Crippen LogP contribution in [0.3, 0.4) is 0 Å². The molecule has 0 bridgehead atoms. The summed E-state index contributed by atoms with van der Waals surface area (Å²) in [4.78, 5) is 24.1. The number of ether oxygens (including phenoxy) is 2. The van der Waals surface area contributed by atoms with Crippen molar-refractivity contribution in [2.24, 2.45) is 5.92 Å². The molecule has 1 N–H and O–H groups in total. The fourth-order valence-corrected chi connectivity index (χ4v) is 2.24. The first-order chi connectivity index (χ1) is 12.4. The lowest BCUT2D eigenvalue weighted by atomic mass is 10.1. The number of aryl methyl sites for hydroxylation is 1. The van der Waals surface area contributed by atoms with E-state index in [0.29, 0.717) is 23.8 Å². The molecule has 2 aromatic rings. The van der Waals surface area contributed by atoms with Gasteiger partial charge in [-0.15, -0.1) is 0 Å². The summed E-state index contributed by atoms with van der Waals surface area (Å²) in [6, 6.07) is 12.3. The Hall–Kier alpha value is -2.82. The number of benzene rings is 2. The number of carbonyl (C=O) groups is 2. The lowest BCUT2D eigenvalue weighted by molar-refractivity contribution is -0.119. The molecule has 0 unspecified atom stereocenters. The van der Waals surface area contributed by atoms with Gasteiger partial charge in [-0.25, -0.2) is 4.79 Å². The third-order valence-corrected chi connectivity index (χ3v) is 3.89. The van der Waals surface area contributed by atoms with Gasteiger partial charge in [-0.2, -0.15) is 0 Å². The van der Waals surface area contributed by atoms with Gasteiger partial charge < -0.3 is 14.8 Å². The monoisotopic (exact) mass is 355 g/mol. The van der Waals surface area contributed by atoms with Crippen LogP contribution in [0.1, 0.15) is 35.3 Å². The second kappa shape index (κ2) is 9.04. The maximum absolute atomic E-state index is 12.1. The first-order valence-electron chi connectivity index (χ1n) is 8.63. The Morgan fingerprint density at radius 2 is 1.73 bits per heavy atom. The molecule has 0 aliphatic heterocycles. The largest absolute Gasteiger partial charge is 0.493 e. The van der Waals surface area contributed by atoms with Crippen molar-refractivity contribution in [3.8, 4) is 5.75 Å².